The molecular weight excluding hydrogens is 338 g/mol. The average Bonchev–Trinajstić information content (AvgIpc) is 3.04. The van der Waals surface area contributed by atoms with Crippen LogP contribution < -0.4 is 4.90 Å². The Morgan fingerprint density at radius 1 is 1.00 bits per heavy atom. The van der Waals surface area contributed by atoms with Crippen LogP contribution >= 0.6 is 11.6 Å². The molecule has 0 N–H and O–H groups in total. The van der Waals surface area contributed by atoms with E-state index < -0.39 is 6.09 Å². The number of hydrogen-bond donors (Lipinski definition) is 0. The zero-order valence-electron chi connectivity index (χ0n) is 13.2. The van der Waals surface area contributed by atoms with Crippen LogP contribution in [0.3, 0.4) is 0 Å². The first-order chi connectivity index (χ1) is 12.2. The fraction of sp³-hybridized carbons (Fsp3) is 0.105. The molecule has 0 aliphatic carbocycles. The van der Waals surface area contributed by atoms with Gasteiger partial charge < -0.3 is 4.74 Å². The van der Waals surface area contributed by atoms with Crippen LogP contribution in [0.2, 0.25) is 5.28 Å². The van der Waals surface area contributed by atoms with Gasteiger partial charge in [-0.1, -0.05) is 54.6 Å². The Balaban J connectivity index is 1.65. The van der Waals surface area contributed by atoms with E-state index in [1.165, 1.54) is 11.1 Å². The monoisotopic (exact) mass is 351 g/mol. The minimum atomic E-state index is -0.438. The summed E-state index contributed by atoms with van der Waals surface area (Å²) in [6.07, 6.45) is 1.08. The number of rotatable bonds is 3. The molecule has 124 valence electrons. The quantitative estimate of drug-likeness (QED) is 0.652. The maximum Gasteiger partial charge on any atom is 0.416 e. The van der Waals surface area contributed by atoms with Crippen molar-refractivity contribution in [1.82, 2.24) is 9.97 Å². The van der Waals surface area contributed by atoms with E-state index in [1.54, 1.807) is 6.07 Å². The topological polar surface area (TPSA) is 55.3 Å². The number of anilines is 1. The number of hydrogen-bond acceptors (Lipinski definition) is 4. The number of carbonyl (C=O) groups excluding carboxylic acids is 1. The van der Waals surface area contributed by atoms with Gasteiger partial charge in [-0.25, -0.2) is 14.8 Å². The van der Waals surface area contributed by atoms with Gasteiger partial charge >= 0.3 is 6.09 Å². The number of amides is 1. The molecule has 6 heteroatoms. The van der Waals surface area contributed by atoms with Gasteiger partial charge in [0.15, 0.2) is 0 Å². The van der Waals surface area contributed by atoms with Crippen LogP contribution in [0, 0.1) is 0 Å². The zero-order chi connectivity index (χ0) is 17.2. The summed E-state index contributed by atoms with van der Waals surface area (Å²) in [6.45, 7) is 0.269. The van der Waals surface area contributed by atoms with Crippen molar-refractivity contribution in [2.75, 3.05) is 11.5 Å². The zero-order valence-corrected chi connectivity index (χ0v) is 13.9. The van der Waals surface area contributed by atoms with Crippen molar-refractivity contribution < 1.29 is 9.53 Å². The molecule has 0 spiro atoms. The van der Waals surface area contributed by atoms with E-state index in [4.69, 9.17) is 16.3 Å². The van der Waals surface area contributed by atoms with Crippen molar-refractivity contribution in [3.05, 3.63) is 77.7 Å². The molecule has 5 nitrogen and oxygen atoms in total. The van der Waals surface area contributed by atoms with E-state index in [1.807, 2.05) is 42.5 Å². The highest BCUT2D eigenvalue weighted by atomic mass is 35.5. The van der Waals surface area contributed by atoms with Gasteiger partial charge in [-0.3, -0.25) is 4.90 Å². The molecule has 1 aliphatic rings. The Labute approximate surface area is 149 Å². The lowest BCUT2D eigenvalue weighted by atomic mass is 10.0. The maximum atomic E-state index is 12.2. The number of benzene rings is 2. The summed E-state index contributed by atoms with van der Waals surface area (Å²) in [4.78, 5) is 21.6. The Bertz CT molecular complexity index is 900. The third-order valence-electron chi connectivity index (χ3n) is 4.13. The predicted molar refractivity (Wildman–Crippen MR) is 95.5 cm³/mol. The largest absolute Gasteiger partial charge is 0.447 e. The van der Waals surface area contributed by atoms with E-state index in [2.05, 4.69) is 22.1 Å². The van der Waals surface area contributed by atoms with Crippen molar-refractivity contribution in [3.63, 3.8) is 0 Å². The van der Waals surface area contributed by atoms with Gasteiger partial charge in [0.1, 0.15) is 18.5 Å². The number of nitrogens with zero attached hydrogens (tertiary/aromatic N) is 3. The molecule has 2 heterocycles. The molecule has 0 radical (unpaired) electrons. The lowest BCUT2D eigenvalue weighted by Crippen LogP contribution is -2.28. The maximum absolute atomic E-state index is 12.2. The summed E-state index contributed by atoms with van der Waals surface area (Å²) < 4.78 is 5.23. The lowest BCUT2D eigenvalue weighted by Gasteiger charge is -2.20. The Morgan fingerprint density at radius 3 is 2.44 bits per heavy atom. The summed E-state index contributed by atoms with van der Waals surface area (Å²) in [6, 6.07) is 19.6. The molecule has 25 heavy (non-hydrogen) atoms. The van der Waals surface area contributed by atoms with Crippen LogP contribution in [0.1, 0.15) is 11.6 Å². The van der Waals surface area contributed by atoms with E-state index in [9.17, 15) is 4.79 Å². The summed E-state index contributed by atoms with van der Waals surface area (Å²) in [7, 11) is 0. The molecule has 1 atom stereocenters. The SMILES string of the molecule is O=C1OCC(c2ccc(-c3ccccc3)cc2)N1c1ccnc(Cl)n1. The number of cyclic esters (lactones) is 1. The second-order valence-corrected chi connectivity index (χ2v) is 5.97. The fourth-order valence-electron chi connectivity index (χ4n) is 2.91. The van der Waals surface area contributed by atoms with Crippen LogP contribution in [0.15, 0.2) is 66.9 Å². The van der Waals surface area contributed by atoms with E-state index in [-0.39, 0.29) is 17.9 Å². The third kappa shape index (κ3) is 3.06. The Hall–Kier alpha value is -2.92. The summed E-state index contributed by atoms with van der Waals surface area (Å²) in [5, 5.41) is 0.0929. The van der Waals surface area contributed by atoms with Gasteiger partial charge in [-0.2, -0.15) is 0 Å². The second kappa shape index (κ2) is 6.53. The smallest absolute Gasteiger partial charge is 0.416 e. The highest BCUT2D eigenvalue weighted by Crippen LogP contribution is 2.33. The van der Waals surface area contributed by atoms with E-state index >= 15 is 0 Å². The summed E-state index contributed by atoms with van der Waals surface area (Å²) in [5.74, 6) is 0.430. The van der Waals surface area contributed by atoms with Crippen LogP contribution in [0.25, 0.3) is 11.1 Å². The van der Waals surface area contributed by atoms with Crippen LogP contribution in [-0.2, 0) is 4.74 Å². The van der Waals surface area contributed by atoms with Crippen LogP contribution in [-0.4, -0.2) is 22.7 Å². The number of halogens is 1. The molecular formula is C19H14ClN3O2. The Kier molecular flexibility index (Phi) is 4.07. The van der Waals surface area contributed by atoms with Crippen molar-refractivity contribution in [3.8, 4) is 11.1 Å². The first kappa shape index (κ1) is 15.6. The molecule has 4 rings (SSSR count). The molecule has 3 aromatic rings. The fourth-order valence-corrected chi connectivity index (χ4v) is 3.05. The van der Waals surface area contributed by atoms with Crippen LogP contribution in [0.5, 0.6) is 0 Å². The first-order valence-corrected chi connectivity index (χ1v) is 8.20. The van der Waals surface area contributed by atoms with Crippen molar-refractivity contribution >= 4 is 23.5 Å². The predicted octanol–water partition coefficient (Wildman–Crippen LogP) is 4.49. The first-order valence-electron chi connectivity index (χ1n) is 7.82. The average molecular weight is 352 g/mol. The molecule has 0 saturated carbocycles. The molecule has 0 bridgehead atoms. The lowest BCUT2D eigenvalue weighted by molar-refractivity contribution is 0.179. The number of ether oxygens (including phenoxy) is 1. The standard InChI is InChI=1S/C19H14ClN3O2/c20-18-21-11-10-17(22-18)23-16(12-25-19(23)24)15-8-6-14(7-9-15)13-4-2-1-3-5-13/h1-11,16H,12H2. The van der Waals surface area contributed by atoms with E-state index in [0.29, 0.717) is 5.82 Å². The molecule has 2 aromatic carbocycles. The highest BCUT2D eigenvalue weighted by Gasteiger charge is 2.36. The summed E-state index contributed by atoms with van der Waals surface area (Å²) in [5.41, 5.74) is 3.23. The van der Waals surface area contributed by atoms with Gasteiger partial charge in [-0.05, 0) is 34.4 Å². The molecule has 1 aromatic heterocycles. The van der Waals surface area contributed by atoms with Gasteiger partial charge in [-0.15, -0.1) is 0 Å². The van der Waals surface area contributed by atoms with E-state index in [0.717, 1.165) is 16.7 Å². The van der Waals surface area contributed by atoms with Gasteiger partial charge in [0.05, 0.1) is 0 Å². The van der Waals surface area contributed by atoms with Crippen molar-refractivity contribution in [2.24, 2.45) is 0 Å². The van der Waals surface area contributed by atoms with Gasteiger partial charge in [0.25, 0.3) is 0 Å². The number of carbonyl (C=O) groups is 1. The van der Waals surface area contributed by atoms with Gasteiger partial charge in [0.2, 0.25) is 5.28 Å². The molecule has 1 saturated heterocycles. The van der Waals surface area contributed by atoms with Crippen molar-refractivity contribution in [1.29, 1.82) is 0 Å². The Morgan fingerprint density at radius 2 is 1.72 bits per heavy atom. The molecule has 1 aliphatic heterocycles. The minimum Gasteiger partial charge on any atom is -0.447 e. The molecule has 1 unspecified atom stereocenters. The molecule has 1 fully saturated rings. The third-order valence-corrected chi connectivity index (χ3v) is 4.32. The summed E-state index contributed by atoms with van der Waals surface area (Å²) >= 11 is 5.85. The van der Waals surface area contributed by atoms with Gasteiger partial charge in [0, 0.05) is 6.20 Å². The number of aromatic nitrogens is 2. The van der Waals surface area contributed by atoms with Crippen LogP contribution in [0.4, 0.5) is 10.6 Å². The minimum absolute atomic E-state index is 0.0929. The van der Waals surface area contributed by atoms with Crippen molar-refractivity contribution in [2.45, 2.75) is 6.04 Å². The normalized spacial score (nSPS) is 16.8. The molecule has 1 amide bonds. The highest BCUT2D eigenvalue weighted by molar-refractivity contribution is 6.28. The second-order valence-electron chi connectivity index (χ2n) is 5.63.